The number of H-pyrrole nitrogens is 1. The first kappa shape index (κ1) is 18.9. The number of aromatic nitrogens is 3. The van der Waals surface area contributed by atoms with Gasteiger partial charge in [0.1, 0.15) is 5.82 Å². The third-order valence-corrected chi connectivity index (χ3v) is 6.44. The number of aromatic amines is 1. The summed E-state index contributed by atoms with van der Waals surface area (Å²) in [7, 11) is 0. The second-order valence-electron chi connectivity index (χ2n) is 8.88. The molecule has 0 radical (unpaired) electrons. The number of hydrogen-bond donors (Lipinski definition) is 2. The molecule has 1 aliphatic carbocycles. The van der Waals surface area contributed by atoms with E-state index < -0.39 is 11.4 Å². The van der Waals surface area contributed by atoms with Crippen LogP contribution in [0.15, 0.2) is 36.5 Å². The first-order valence-electron chi connectivity index (χ1n) is 10.3. The molecule has 0 aliphatic heterocycles. The van der Waals surface area contributed by atoms with E-state index in [1.54, 1.807) is 19.2 Å². The Kier molecular flexibility index (Phi) is 4.04. The monoisotopic (exact) mass is 405 g/mol. The smallest absolute Gasteiger partial charge is 0.309 e. The fraction of sp³-hybridized carbons (Fsp3) is 0.333. The van der Waals surface area contributed by atoms with Crippen molar-refractivity contribution in [1.82, 2.24) is 14.8 Å². The molecule has 0 bridgehead atoms. The average molecular weight is 405 g/mol. The Bertz CT molecular complexity index is 1310. The summed E-state index contributed by atoms with van der Waals surface area (Å²) in [5.41, 5.74) is 4.87. The summed E-state index contributed by atoms with van der Waals surface area (Å²) in [6.07, 6.45) is 3.69. The minimum Gasteiger partial charge on any atom is -0.481 e. The fourth-order valence-corrected chi connectivity index (χ4v) is 4.60. The molecule has 0 unspecified atom stereocenters. The molecular formula is C24H24FN3O2. The summed E-state index contributed by atoms with van der Waals surface area (Å²) in [6, 6.07) is 9.30. The van der Waals surface area contributed by atoms with Gasteiger partial charge >= 0.3 is 5.97 Å². The van der Waals surface area contributed by atoms with E-state index in [9.17, 15) is 14.3 Å². The summed E-state index contributed by atoms with van der Waals surface area (Å²) < 4.78 is 16.2. The lowest BCUT2D eigenvalue weighted by molar-refractivity contribution is -0.143. The Labute approximate surface area is 173 Å². The lowest BCUT2D eigenvalue weighted by Crippen LogP contribution is -2.18. The van der Waals surface area contributed by atoms with E-state index in [1.807, 2.05) is 6.07 Å². The molecule has 1 fully saturated rings. The molecule has 0 amide bonds. The molecule has 5 rings (SSSR count). The molecular weight excluding hydrogens is 381 g/mol. The van der Waals surface area contributed by atoms with Gasteiger partial charge in [-0.25, -0.2) is 4.39 Å². The van der Waals surface area contributed by atoms with Crippen LogP contribution in [0.5, 0.6) is 0 Å². The van der Waals surface area contributed by atoms with Crippen molar-refractivity contribution in [3.8, 4) is 5.69 Å². The van der Waals surface area contributed by atoms with Gasteiger partial charge in [-0.3, -0.25) is 9.89 Å². The maximum absolute atomic E-state index is 14.0. The number of aryl methyl sites for hydroxylation is 1. The van der Waals surface area contributed by atoms with Crippen molar-refractivity contribution in [2.45, 2.75) is 46.0 Å². The van der Waals surface area contributed by atoms with Crippen molar-refractivity contribution in [2.75, 3.05) is 0 Å². The van der Waals surface area contributed by atoms with Gasteiger partial charge in [-0.15, -0.1) is 0 Å². The molecule has 2 aromatic carbocycles. The second kappa shape index (κ2) is 6.42. The van der Waals surface area contributed by atoms with Crippen molar-refractivity contribution < 1.29 is 14.3 Å². The molecule has 6 heteroatoms. The van der Waals surface area contributed by atoms with Crippen LogP contribution in [0, 0.1) is 18.2 Å². The van der Waals surface area contributed by atoms with E-state index in [1.165, 1.54) is 6.07 Å². The van der Waals surface area contributed by atoms with E-state index in [4.69, 9.17) is 0 Å². The Balaban J connectivity index is 1.86. The standard InChI is InChI=1S/C24H24FN3O2/c1-13(2)22-18(11-24(6-7-24)23(29)30)17-10-20-15(12-26-27-20)9-21(17)28(22)16-4-5-19(25)14(3)8-16/h4-5,8-10,12-13H,6-7,11H2,1-3H3,(H,26,27)(H,29,30). The minimum absolute atomic E-state index is 0.166. The molecule has 30 heavy (non-hydrogen) atoms. The number of carbonyl (C=O) groups is 1. The average Bonchev–Trinajstić information content (AvgIpc) is 3.23. The predicted molar refractivity (Wildman–Crippen MR) is 115 cm³/mol. The first-order chi connectivity index (χ1) is 14.3. The zero-order valence-electron chi connectivity index (χ0n) is 17.3. The summed E-state index contributed by atoms with van der Waals surface area (Å²) in [6.45, 7) is 6.01. The highest BCUT2D eigenvalue weighted by molar-refractivity contribution is 5.99. The summed E-state index contributed by atoms with van der Waals surface area (Å²) in [5, 5.41) is 19.0. The molecule has 0 saturated heterocycles. The van der Waals surface area contributed by atoms with E-state index in [0.29, 0.717) is 24.8 Å². The number of aliphatic carboxylic acids is 1. The van der Waals surface area contributed by atoms with Crippen molar-refractivity contribution in [2.24, 2.45) is 5.41 Å². The zero-order chi connectivity index (χ0) is 21.2. The lowest BCUT2D eigenvalue weighted by Gasteiger charge is -2.18. The summed E-state index contributed by atoms with van der Waals surface area (Å²) in [4.78, 5) is 12.0. The molecule has 2 aromatic heterocycles. The van der Waals surface area contributed by atoms with Gasteiger partial charge in [-0.2, -0.15) is 5.10 Å². The van der Waals surface area contributed by atoms with Gasteiger partial charge in [0.25, 0.3) is 0 Å². The fourth-order valence-electron chi connectivity index (χ4n) is 4.60. The number of rotatable bonds is 5. The van der Waals surface area contributed by atoms with E-state index in [2.05, 4.69) is 40.7 Å². The van der Waals surface area contributed by atoms with Crippen LogP contribution < -0.4 is 0 Å². The summed E-state index contributed by atoms with van der Waals surface area (Å²) >= 11 is 0. The number of nitrogens with one attached hydrogen (secondary N) is 1. The zero-order valence-corrected chi connectivity index (χ0v) is 17.3. The Morgan fingerprint density at radius 1 is 1.30 bits per heavy atom. The van der Waals surface area contributed by atoms with E-state index >= 15 is 0 Å². The molecule has 2 heterocycles. The molecule has 0 spiro atoms. The van der Waals surface area contributed by atoms with Crippen LogP contribution >= 0.6 is 0 Å². The topological polar surface area (TPSA) is 70.9 Å². The van der Waals surface area contributed by atoms with Gasteiger partial charge in [0, 0.05) is 22.2 Å². The highest BCUT2D eigenvalue weighted by atomic mass is 19.1. The van der Waals surface area contributed by atoms with Crippen molar-refractivity contribution in [3.63, 3.8) is 0 Å². The SMILES string of the molecule is Cc1cc(-n2c(C(C)C)c(CC3(C(=O)O)CC3)c3cc4[nH]ncc4cc32)ccc1F. The Hall–Kier alpha value is -3.15. The number of carboxylic acid groups (broad SMARTS) is 1. The number of halogens is 1. The summed E-state index contributed by atoms with van der Waals surface area (Å²) in [5.74, 6) is -0.793. The molecule has 0 atom stereocenters. The van der Waals surface area contributed by atoms with Gasteiger partial charge in [-0.05, 0) is 73.6 Å². The number of hydrogen-bond acceptors (Lipinski definition) is 2. The van der Waals surface area contributed by atoms with Crippen LogP contribution in [0.1, 0.15) is 49.4 Å². The quantitative estimate of drug-likeness (QED) is 0.461. The molecule has 1 aliphatic rings. The normalized spacial score (nSPS) is 15.4. The predicted octanol–water partition coefficient (Wildman–Crippen LogP) is 5.49. The van der Waals surface area contributed by atoms with Crippen LogP contribution in [0.2, 0.25) is 0 Å². The van der Waals surface area contributed by atoms with Crippen LogP contribution in [-0.2, 0) is 11.2 Å². The largest absolute Gasteiger partial charge is 0.481 e. The third kappa shape index (κ3) is 2.74. The van der Waals surface area contributed by atoms with Crippen molar-refractivity contribution in [3.05, 3.63) is 59.2 Å². The van der Waals surface area contributed by atoms with Gasteiger partial charge in [-0.1, -0.05) is 13.8 Å². The van der Waals surface area contributed by atoms with E-state index in [0.717, 1.165) is 38.8 Å². The first-order valence-corrected chi connectivity index (χ1v) is 10.3. The van der Waals surface area contributed by atoms with Gasteiger partial charge in [0.2, 0.25) is 0 Å². The van der Waals surface area contributed by atoms with Gasteiger partial charge in [0.15, 0.2) is 0 Å². The van der Waals surface area contributed by atoms with Crippen LogP contribution in [0.25, 0.3) is 27.5 Å². The van der Waals surface area contributed by atoms with Crippen LogP contribution in [0.3, 0.4) is 0 Å². The number of benzene rings is 2. The number of nitrogens with zero attached hydrogens (tertiary/aromatic N) is 2. The third-order valence-electron chi connectivity index (χ3n) is 6.44. The number of carboxylic acids is 1. The lowest BCUT2D eigenvalue weighted by atomic mass is 9.91. The maximum Gasteiger partial charge on any atom is 0.309 e. The van der Waals surface area contributed by atoms with Gasteiger partial charge < -0.3 is 9.67 Å². The van der Waals surface area contributed by atoms with E-state index in [-0.39, 0.29) is 11.7 Å². The van der Waals surface area contributed by atoms with Crippen LogP contribution in [-0.4, -0.2) is 25.8 Å². The Morgan fingerprint density at radius 2 is 2.07 bits per heavy atom. The molecule has 2 N–H and O–H groups in total. The maximum atomic E-state index is 14.0. The molecule has 1 saturated carbocycles. The van der Waals surface area contributed by atoms with Crippen LogP contribution in [0.4, 0.5) is 4.39 Å². The highest BCUT2D eigenvalue weighted by Gasteiger charge is 2.51. The highest BCUT2D eigenvalue weighted by Crippen LogP contribution is 2.51. The molecule has 154 valence electrons. The number of fused-ring (bicyclic) bond motifs is 2. The Morgan fingerprint density at radius 3 is 2.70 bits per heavy atom. The minimum atomic E-state index is -0.724. The second-order valence-corrected chi connectivity index (χ2v) is 8.88. The molecule has 5 nitrogen and oxygen atoms in total. The van der Waals surface area contributed by atoms with Crippen molar-refractivity contribution >= 4 is 27.8 Å². The van der Waals surface area contributed by atoms with Gasteiger partial charge in [0.05, 0.1) is 22.6 Å². The van der Waals surface area contributed by atoms with Crippen molar-refractivity contribution in [1.29, 1.82) is 0 Å². The molecule has 4 aromatic rings.